The van der Waals surface area contributed by atoms with Crippen molar-refractivity contribution in [2.24, 2.45) is 0 Å². The number of aryl methyl sites for hydroxylation is 1. The molecule has 0 aliphatic rings. The highest BCUT2D eigenvalue weighted by atomic mass is 19.4. The largest absolute Gasteiger partial charge is 0.478 e. The van der Waals surface area contributed by atoms with Crippen molar-refractivity contribution in [1.29, 1.82) is 0 Å². The van der Waals surface area contributed by atoms with Crippen molar-refractivity contribution >= 4 is 11.7 Å². The van der Waals surface area contributed by atoms with Crippen molar-refractivity contribution in [1.82, 2.24) is 0 Å². The van der Waals surface area contributed by atoms with E-state index in [1.165, 1.54) is 24.3 Å². The first kappa shape index (κ1) is 15.9. The molecule has 0 aliphatic heterocycles. The van der Waals surface area contributed by atoms with E-state index < -0.39 is 17.7 Å². The van der Waals surface area contributed by atoms with E-state index in [-0.39, 0.29) is 17.7 Å². The van der Waals surface area contributed by atoms with Crippen LogP contribution in [0.2, 0.25) is 0 Å². The van der Waals surface area contributed by atoms with E-state index in [1.807, 2.05) is 0 Å². The van der Waals surface area contributed by atoms with Crippen LogP contribution in [0.1, 0.15) is 27.0 Å². The molecule has 2 aromatic rings. The van der Waals surface area contributed by atoms with Crippen LogP contribution in [0.5, 0.6) is 0 Å². The summed E-state index contributed by atoms with van der Waals surface area (Å²) < 4.78 is 38.7. The molecule has 0 aromatic heterocycles. The van der Waals surface area contributed by atoms with Gasteiger partial charge in [0.1, 0.15) is 0 Å². The average Bonchev–Trinajstić information content (AvgIpc) is 2.45. The molecule has 0 saturated carbocycles. The van der Waals surface area contributed by atoms with Crippen molar-refractivity contribution < 1.29 is 23.1 Å². The number of anilines is 1. The number of rotatable bonds is 4. The monoisotopic (exact) mass is 309 g/mol. The Hall–Kier alpha value is -2.50. The van der Waals surface area contributed by atoms with Crippen molar-refractivity contribution in [2.75, 3.05) is 5.32 Å². The lowest BCUT2D eigenvalue weighted by atomic mass is 10.1. The lowest BCUT2D eigenvalue weighted by molar-refractivity contribution is -0.138. The van der Waals surface area contributed by atoms with E-state index >= 15 is 0 Å². The minimum absolute atomic E-state index is 0.00292. The summed E-state index contributed by atoms with van der Waals surface area (Å²) in [6.45, 7) is 1.70. The Morgan fingerprint density at radius 3 is 2.45 bits per heavy atom. The van der Waals surface area contributed by atoms with Gasteiger partial charge in [0.2, 0.25) is 0 Å². The second kappa shape index (κ2) is 6.09. The highest BCUT2D eigenvalue weighted by Gasteiger charge is 2.32. The maximum atomic E-state index is 12.9. The first-order chi connectivity index (χ1) is 10.3. The van der Waals surface area contributed by atoms with Crippen molar-refractivity contribution in [3.8, 4) is 0 Å². The lowest BCUT2D eigenvalue weighted by Crippen LogP contribution is -2.12. The Bertz CT molecular complexity index is 696. The standard InChI is InChI=1S/C16H14F3NO2/c1-10-8-11(15(21)22)6-7-14(10)20-9-12-4-2-3-5-13(12)16(17,18)19/h2-8,20H,9H2,1H3,(H,21,22). The normalized spacial score (nSPS) is 11.3. The molecule has 116 valence electrons. The van der Waals surface area contributed by atoms with Crippen LogP contribution in [-0.2, 0) is 12.7 Å². The maximum Gasteiger partial charge on any atom is 0.416 e. The van der Waals surface area contributed by atoms with Gasteiger partial charge in [-0.05, 0) is 42.3 Å². The third kappa shape index (κ3) is 3.58. The van der Waals surface area contributed by atoms with Crippen LogP contribution < -0.4 is 5.32 Å². The van der Waals surface area contributed by atoms with Crippen LogP contribution in [-0.4, -0.2) is 11.1 Å². The van der Waals surface area contributed by atoms with Gasteiger partial charge in [0.25, 0.3) is 0 Å². The van der Waals surface area contributed by atoms with Crippen LogP contribution in [0.15, 0.2) is 42.5 Å². The summed E-state index contributed by atoms with van der Waals surface area (Å²) in [5, 5.41) is 11.8. The van der Waals surface area contributed by atoms with Crippen LogP contribution in [0.3, 0.4) is 0 Å². The highest BCUT2D eigenvalue weighted by molar-refractivity contribution is 5.88. The zero-order chi connectivity index (χ0) is 16.3. The second-order valence-electron chi connectivity index (χ2n) is 4.84. The number of aromatic carboxylic acids is 1. The molecule has 2 aromatic carbocycles. The molecule has 2 N–H and O–H groups in total. The minimum Gasteiger partial charge on any atom is -0.478 e. The zero-order valence-corrected chi connectivity index (χ0v) is 11.7. The van der Waals surface area contributed by atoms with Crippen LogP contribution in [0.4, 0.5) is 18.9 Å². The lowest BCUT2D eigenvalue weighted by Gasteiger charge is -2.15. The molecule has 0 fully saturated rings. The van der Waals surface area contributed by atoms with Gasteiger partial charge in [-0.2, -0.15) is 13.2 Å². The fourth-order valence-corrected chi connectivity index (χ4v) is 2.14. The summed E-state index contributed by atoms with van der Waals surface area (Å²) in [5.74, 6) is -1.04. The predicted octanol–water partition coefficient (Wildman–Crippen LogP) is 4.32. The Morgan fingerprint density at radius 1 is 1.18 bits per heavy atom. The first-order valence-electron chi connectivity index (χ1n) is 6.52. The molecule has 0 atom stereocenters. The number of hydrogen-bond donors (Lipinski definition) is 2. The van der Waals surface area contributed by atoms with Gasteiger partial charge < -0.3 is 10.4 Å². The van der Waals surface area contributed by atoms with E-state index in [0.717, 1.165) is 6.07 Å². The SMILES string of the molecule is Cc1cc(C(=O)O)ccc1NCc1ccccc1C(F)(F)F. The van der Waals surface area contributed by atoms with E-state index in [1.54, 1.807) is 19.1 Å². The minimum atomic E-state index is -4.40. The number of nitrogens with one attached hydrogen (secondary N) is 1. The van der Waals surface area contributed by atoms with Crippen molar-refractivity contribution in [3.63, 3.8) is 0 Å². The summed E-state index contributed by atoms with van der Waals surface area (Å²) in [6.07, 6.45) is -4.40. The third-order valence-electron chi connectivity index (χ3n) is 3.27. The number of carboxylic acid groups (broad SMARTS) is 1. The van der Waals surface area contributed by atoms with Crippen LogP contribution >= 0.6 is 0 Å². The van der Waals surface area contributed by atoms with Crippen molar-refractivity contribution in [3.05, 3.63) is 64.7 Å². The first-order valence-corrected chi connectivity index (χ1v) is 6.52. The molecule has 0 amide bonds. The number of halogens is 3. The quantitative estimate of drug-likeness (QED) is 0.884. The van der Waals surface area contributed by atoms with Crippen molar-refractivity contribution in [2.45, 2.75) is 19.6 Å². The maximum absolute atomic E-state index is 12.9. The topological polar surface area (TPSA) is 49.3 Å². The molecular weight excluding hydrogens is 295 g/mol. The molecule has 22 heavy (non-hydrogen) atoms. The number of alkyl halides is 3. The summed E-state index contributed by atoms with van der Waals surface area (Å²) >= 11 is 0. The molecule has 6 heteroatoms. The fraction of sp³-hybridized carbons (Fsp3) is 0.188. The summed E-state index contributed by atoms with van der Waals surface area (Å²) in [7, 11) is 0. The average molecular weight is 309 g/mol. The van der Waals surface area contributed by atoms with E-state index in [4.69, 9.17) is 5.11 Å². The summed E-state index contributed by atoms with van der Waals surface area (Å²) in [4.78, 5) is 10.9. The van der Waals surface area contributed by atoms with Crippen LogP contribution in [0.25, 0.3) is 0 Å². The Kier molecular flexibility index (Phi) is 4.40. The van der Waals surface area contributed by atoms with E-state index in [9.17, 15) is 18.0 Å². The second-order valence-corrected chi connectivity index (χ2v) is 4.84. The van der Waals surface area contributed by atoms with Gasteiger partial charge in [-0.15, -0.1) is 0 Å². The summed E-state index contributed by atoms with van der Waals surface area (Å²) in [5.41, 5.74) is 0.851. The Balaban J connectivity index is 2.19. The molecule has 0 aliphatic carbocycles. The molecular formula is C16H14F3NO2. The van der Waals surface area contributed by atoms with Gasteiger partial charge in [-0.3, -0.25) is 0 Å². The van der Waals surface area contributed by atoms with Gasteiger partial charge in [0.15, 0.2) is 0 Å². The number of carbonyl (C=O) groups is 1. The smallest absolute Gasteiger partial charge is 0.416 e. The van der Waals surface area contributed by atoms with Gasteiger partial charge in [-0.25, -0.2) is 4.79 Å². The molecule has 0 unspecified atom stereocenters. The molecule has 0 spiro atoms. The van der Waals surface area contributed by atoms with Crippen LogP contribution in [0, 0.1) is 6.92 Å². The van der Waals surface area contributed by atoms with Gasteiger partial charge in [-0.1, -0.05) is 18.2 Å². The molecule has 0 heterocycles. The summed E-state index contributed by atoms with van der Waals surface area (Å²) in [6, 6.07) is 9.78. The van der Waals surface area contributed by atoms with Gasteiger partial charge in [0.05, 0.1) is 11.1 Å². The third-order valence-corrected chi connectivity index (χ3v) is 3.27. The Labute approximate surface area is 125 Å². The highest BCUT2D eigenvalue weighted by Crippen LogP contribution is 2.32. The molecule has 0 radical (unpaired) electrons. The van der Waals surface area contributed by atoms with Gasteiger partial charge in [0, 0.05) is 12.2 Å². The van der Waals surface area contributed by atoms with E-state index in [2.05, 4.69) is 5.32 Å². The number of benzene rings is 2. The fourth-order valence-electron chi connectivity index (χ4n) is 2.14. The Morgan fingerprint density at radius 2 is 1.86 bits per heavy atom. The molecule has 3 nitrogen and oxygen atoms in total. The number of hydrogen-bond acceptors (Lipinski definition) is 2. The molecule has 0 bridgehead atoms. The van der Waals surface area contributed by atoms with Gasteiger partial charge >= 0.3 is 12.1 Å². The van der Waals surface area contributed by atoms with E-state index in [0.29, 0.717) is 11.3 Å². The molecule has 0 saturated heterocycles. The predicted molar refractivity (Wildman–Crippen MR) is 76.9 cm³/mol. The zero-order valence-electron chi connectivity index (χ0n) is 11.7. The number of carboxylic acids is 1. The molecule has 2 rings (SSSR count).